The zero-order valence-corrected chi connectivity index (χ0v) is 12.5. The van der Waals surface area contributed by atoms with E-state index in [-0.39, 0.29) is 5.91 Å². The van der Waals surface area contributed by atoms with Crippen molar-refractivity contribution in [2.45, 2.75) is 26.8 Å². The van der Waals surface area contributed by atoms with Crippen LogP contribution >= 0.6 is 11.3 Å². The minimum absolute atomic E-state index is 0.108. The molecule has 2 aromatic rings. The maximum absolute atomic E-state index is 12.4. The van der Waals surface area contributed by atoms with Gasteiger partial charge in [0.15, 0.2) is 0 Å². The van der Waals surface area contributed by atoms with Crippen LogP contribution in [0.15, 0.2) is 36.4 Å². The molecule has 0 saturated carbocycles. The molecule has 0 bridgehead atoms. The molecule has 19 heavy (non-hydrogen) atoms. The van der Waals surface area contributed by atoms with Crippen LogP contribution in [-0.4, -0.2) is 17.9 Å². The molecular weight excluding hydrogens is 254 g/mol. The molecule has 0 aliphatic carbocycles. The van der Waals surface area contributed by atoms with E-state index in [1.165, 1.54) is 10.4 Å². The standard InChI is InChI=1S/C16H19NOS/c1-4-14-12(2)10-15(19-14)16(18)17(3)11-13-8-6-5-7-9-13/h5-10H,4,11H2,1-3H3. The fourth-order valence-corrected chi connectivity index (χ4v) is 3.20. The lowest BCUT2D eigenvalue weighted by atomic mass is 10.2. The van der Waals surface area contributed by atoms with Crippen LogP contribution in [0.3, 0.4) is 0 Å². The smallest absolute Gasteiger partial charge is 0.263 e. The van der Waals surface area contributed by atoms with Gasteiger partial charge in [-0.1, -0.05) is 37.3 Å². The average Bonchev–Trinajstić information content (AvgIpc) is 2.80. The molecule has 100 valence electrons. The molecule has 1 amide bonds. The Labute approximate surface area is 118 Å². The maximum atomic E-state index is 12.4. The topological polar surface area (TPSA) is 20.3 Å². The normalized spacial score (nSPS) is 10.5. The summed E-state index contributed by atoms with van der Waals surface area (Å²) in [7, 11) is 1.86. The molecule has 1 heterocycles. The highest BCUT2D eigenvalue weighted by atomic mass is 32.1. The summed E-state index contributed by atoms with van der Waals surface area (Å²) in [6.45, 7) is 4.85. The monoisotopic (exact) mass is 273 g/mol. The van der Waals surface area contributed by atoms with Crippen molar-refractivity contribution in [3.8, 4) is 0 Å². The van der Waals surface area contributed by atoms with Gasteiger partial charge in [0, 0.05) is 18.5 Å². The van der Waals surface area contributed by atoms with Crippen LogP contribution in [0.25, 0.3) is 0 Å². The molecule has 3 heteroatoms. The lowest BCUT2D eigenvalue weighted by molar-refractivity contribution is 0.0790. The Kier molecular flexibility index (Phi) is 4.38. The predicted octanol–water partition coefficient (Wildman–Crippen LogP) is 3.89. The predicted molar refractivity (Wildman–Crippen MR) is 80.7 cm³/mol. The van der Waals surface area contributed by atoms with Gasteiger partial charge in [0.2, 0.25) is 0 Å². The Morgan fingerprint density at radius 2 is 1.95 bits per heavy atom. The van der Waals surface area contributed by atoms with E-state index in [1.807, 2.05) is 43.4 Å². The van der Waals surface area contributed by atoms with Crippen LogP contribution < -0.4 is 0 Å². The van der Waals surface area contributed by atoms with Crippen LogP contribution in [0, 0.1) is 6.92 Å². The second kappa shape index (κ2) is 6.02. The minimum Gasteiger partial charge on any atom is -0.337 e. The van der Waals surface area contributed by atoms with Gasteiger partial charge in [-0.05, 0) is 30.5 Å². The van der Waals surface area contributed by atoms with E-state index >= 15 is 0 Å². The van der Waals surface area contributed by atoms with E-state index in [1.54, 1.807) is 16.2 Å². The van der Waals surface area contributed by atoms with E-state index in [0.29, 0.717) is 6.54 Å². The van der Waals surface area contributed by atoms with Crippen LogP contribution in [0.1, 0.15) is 32.6 Å². The molecule has 2 rings (SSSR count). The second-order valence-electron chi connectivity index (χ2n) is 4.72. The van der Waals surface area contributed by atoms with E-state index in [2.05, 4.69) is 13.8 Å². The molecule has 0 atom stereocenters. The molecular formula is C16H19NOS. The molecule has 2 nitrogen and oxygen atoms in total. The molecule has 0 radical (unpaired) electrons. The quantitative estimate of drug-likeness (QED) is 0.827. The summed E-state index contributed by atoms with van der Waals surface area (Å²) in [6, 6.07) is 12.1. The highest BCUT2D eigenvalue weighted by Crippen LogP contribution is 2.23. The van der Waals surface area contributed by atoms with E-state index in [4.69, 9.17) is 0 Å². The molecule has 0 saturated heterocycles. The van der Waals surface area contributed by atoms with Gasteiger partial charge < -0.3 is 4.90 Å². The minimum atomic E-state index is 0.108. The first-order valence-electron chi connectivity index (χ1n) is 6.50. The SMILES string of the molecule is CCc1sc(C(=O)N(C)Cc2ccccc2)cc1C. The van der Waals surface area contributed by atoms with Crippen molar-refractivity contribution in [1.82, 2.24) is 4.90 Å². The lowest BCUT2D eigenvalue weighted by Gasteiger charge is -2.16. The Morgan fingerprint density at radius 3 is 2.53 bits per heavy atom. The van der Waals surface area contributed by atoms with Crippen LogP contribution in [0.2, 0.25) is 0 Å². The number of nitrogens with zero attached hydrogens (tertiary/aromatic N) is 1. The first-order chi connectivity index (χ1) is 9.11. The van der Waals surface area contributed by atoms with Gasteiger partial charge in [-0.3, -0.25) is 4.79 Å². The molecule has 1 aromatic carbocycles. The van der Waals surface area contributed by atoms with Crippen LogP contribution in [0.4, 0.5) is 0 Å². The Morgan fingerprint density at radius 1 is 1.26 bits per heavy atom. The second-order valence-corrected chi connectivity index (χ2v) is 5.85. The van der Waals surface area contributed by atoms with E-state index < -0.39 is 0 Å². The van der Waals surface area contributed by atoms with E-state index in [0.717, 1.165) is 16.9 Å². The van der Waals surface area contributed by atoms with Gasteiger partial charge in [-0.25, -0.2) is 0 Å². The lowest BCUT2D eigenvalue weighted by Crippen LogP contribution is -2.25. The number of hydrogen-bond donors (Lipinski definition) is 0. The van der Waals surface area contributed by atoms with Gasteiger partial charge >= 0.3 is 0 Å². The number of thiophene rings is 1. The number of hydrogen-bond acceptors (Lipinski definition) is 2. The largest absolute Gasteiger partial charge is 0.337 e. The van der Waals surface area contributed by atoms with Crippen LogP contribution in [0.5, 0.6) is 0 Å². The Balaban J connectivity index is 2.10. The summed E-state index contributed by atoms with van der Waals surface area (Å²) in [6.07, 6.45) is 0.992. The third-order valence-corrected chi connectivity index (χ3v) is 4.53. The summed E-state index contributed by atoms with van der Waals surface area (Å²) in [4.78, 5) is 16.3. The molecule has 0 aliphatic heterocycles. The Hall–Kier alpha value is -1.61. The fraction of sp³-hybridized carbons (Fsp3) is 0.312. The molecule has 0 unspecified atom stereocenters. The van der Waals surface area contributed by atoms with Gasteiger partial charge in [0.25, 0.3) is 5.91 Å². The number of benzene rings is 1. The Bertz CT molecular complexity index is 559. The summed E-state index contributed by atoms with van der Waals surface area (Å²) in [5.74, 6) is 0.108. The molecule has 1 aromatic heterocycles. The van der Waals surface area contributed by atoms with Crippen molar-refractivity contribution in [3.63, 3.8) is 0 Å². The maximum Gasteiger partial charge on any atom is 0.263 e. The summed E-state index contributed by atoms with van der Waals surface area (Å²) >= 11 is 1.62. The average molecular weight is 273 g/mol. The molecule has 0 aliphatic rings. The summed E-state index contributed by atoms with van der Waals surface area (Å²) in [5, 5.41) is 0. The zero-order valence-electron chi connectivity index (χ0n) is 11.6. The third kappa shape index (κ3) is 3.24. The first-order valence-corrected chi connectivity index (χ1v) is 7.32. The molecule has 0 N–H and O–H groups in total. The van der Waals surface area contributed by atoms with Crippen molar-refractivity contribution in [1.29, 1.82) is 0 Å². The highest BCUT2D eigenvalue weighted by Gasteiger charge is 2.15. The number of rotatable bonds is 4. The van der Waals surface area contributed by atoms with E-state index in [9.17, 15) is 4.79 Å². The highest BCUT2D eigenvalue weighted by molar-refractivity contribution is 7.14. The number of aryl methyl sites for hydroxylation is 2. The zero-order chi connectivity index (χ0) is 13.8. The number of carbonyl (C=O) groups is 1. The number of amides is 1. The van der Waals surface area contributed by atoms with Crippen molar-refractivity contribution in [2.75, 3.05) is 7.05 Å². The summed E-state index contributed by atoms with van der Waals surface area (Å²) in [5.41, 5.74) is 2.38. The van der Waals surface area contributed by atoms with Crippen LogP contribution in [-0.2, 0) is 13.0 Å². The van der Waals surface area contributed by atoms with Crippen molar-refractivity contribution < 1.29 is 4.79 Å². The van der Waals surface area contributed by atoms with Crippen molar-refractivity contribution >= 4 is 17.2 Å². The van der Waals surface area contributed by atoms with Gasteiger partial charge in [-0.15, -0.1) is 11.3 Å². The third-order valence-electron chi connectivity index (χ3n) is 3.16. The molecule has 0 spiro atoms. The van der Waals surface area contributed by atoms with Crippen molar-refractivity contribution in [3.05, 3.63) is 57.3 Å². The first kappa shape index (κ1) is 13.8. The van der Waals surface area contributed by atoms with Crippen molar-refractivity contribution in [2.24, 2.45) is 0 Å². The molecule has 0 fully saturated rings. The fourth-order valence-electron chi connectivity index (χ4n) is 2.09. The van der Waals surface area contributed by atoms with Gasteiger partial charge in [0.05, 0.1) is 4.88 Å². The van der Waals surface area contributed by atoms with Gasteiger partial charge in [-0.2, -0.15) is 0 Å². The van der Waals surface area contributed by atoms with Gasteiger partial charge in [0.1, 0.15) is 0 Å². The summed E-state index contributed by atoms with van der Waals surface area (Å²) < 4.78 is 0. The number of carbonyl (C=O) groups excluding carboxylic acids is 1.